The zero-order valence-corrected chi connectivity index (χ0v) is 21.5. The lowest BCUT2D eigenvalue weighted by molar-refractivity contribution is 0.0601. The minimum Gasteiger partial charge on any atom is -0.465 e. The maximum atomic E-state index is 12.0. The topological polar surface area (TPSA) is 67.6 Å². The van der Waals surface area contributed by atoms with Gasteiger partial charge in [0.25, 0.3) is 0 Å². The van der Waals surface area contributed by atoms with Gasteiger partial charge in [0.15, 0.2) is 5.11 Å². The molecule has 1 aliphatic heterocycles. The maximum Gasteiger partial charge on any atom is 0.337 e. The van der Waals surface area contributed by atoms with Gasteiger partial charge < -0.3 is 19.4 Å². The van der Waals surface area contributed by atoms with Crippen molar-refractivity contribution in [2.75, 3.05) is 12.0 Å². The van der Waals surface area contributed by atoms with Gasteiger partial charge in [0.1, 0.15) is 17.6 Å². The first-order valence-electron chi connectivity index (χ1n) is 11.0. The second-order valence-electron chi connectivity index (χ2n) is 8.20. The van der Waals surface area contributed by atoms with Crippen LogP contribution < -0.4 is 10.2 Å². The average Bonchev–Trinajstić information content (AvgIpc) is 3.50. The number of aryl methyl sites for hydroxylation is 1. The highest BCUT2D eigenvalue weighted by molar-refractivity contribution is 9.10. The van der Waals surface area contributed by atoms with Gasteiger partial charge in [0, 0.05) is 21.9 Å². The van der Waals surface area contributed by atoms with Gasteiger partial charge in [-0.1, -0.05) is 34.1 Å². The molecule has 6 nitrogen and oxygen atoms in total. The Hall–Kier alpha value is -3.49. The smallest absolute Gasteiger partial charge is 0.337 e. The average molecular weight is 548 g/mol. The van der Waals surface area contributed by atoms with Gasteiger partial charge in [-0.3, -0.25) is 4.98 Å². The highest BCUT2D eigenvalue weighted by Gasteiger charge is 2.42. The molecule has 0 spiro atoms. The van der Waals surface area contributed by atoms with Crippen molar-refractivity contribution in [2.45, 2.75) is 19.0 Å². The summed E-state index contributed by atoms with van der Waals surface area (Å²) in [6.07, 6.45) is 1.77. The molecule has 1 aliphatic rings. The Morgan fingerprint density at radius 3 is 2.71 bits per heavy atom. The molecule has 0 radical (unpaired) electrons. The van der Waals surface area contributed by atoms with E-state index in [1.165, 1.54) is 7.11 Å². The third kappa shape index (κ3) is 4.47. The van der Waals surface area contributed by atoms with Crippen molar-refractivity contribution in [3.63, 3.8) is 0 Å². The molecule has 5 rings (SSSR count). The molecule has 176 valence electrons. The Balaban J connectivity index is 1.58. The second-order valence-corrected chi connectivity index (χ2v) is 9.45. The molecule has 0 bridgehead atoms. The van der Waals surface area contributed by atoms with Crippen LogP contribution in [0.2, 0.25) is 0 Å². The number of halogens is 1. The molecule has 3 heterocycles. The number of nitrogens with one attached hydrogen (secondary N) is 1. The molecule has 1 N–H and O–H groups in total. The fraction of sp³-hybridized carbons (Fsp3) is 0.148. The SMILES string of the molecule is COC(=O)c1cccc(-c2ccc([C@@H]3[C@H](c4ccccn4)NC(=S)N3c3ccc(Br)c(C)c3)o2)c1. The maximum absolute atomic E-state index is 12.0. The molecular weight excluding hydrogens is 526 g/mol. The third-order valence-electron chi connectivity index (χ3n) is 6.00. The van der Waals surface area contributed by atoms with Gasteiger partial charge >= 0.3 is 5.97 Å². The fourth-order valence-corrected chi connectivity index (χ4v) is 4.88. The van der Waals surface area contributed by atoms with E-state index in [9.17, 15) is 4.79 Å². The first-order chi connectivity index (χ1) is 17.0. The van der Waals surface area contributed by atoms with Gasteiger partial charge in [-0.05, 0) is 79.3 Å². The number of carbonyl (C=O) groups excluding carboxylic acids is 1. The van der Waals surface area contributed by atoms with Crippen LogP contribution in [0.15, 0.2) is 87.9 Å². The molecule has 0 aliphatic carbocycles. The number of furan rings is 1. The van der Waals surface area contributed by atoms with Crippen molar-refractivity contribution in [3.8, 4) is 11.3 Å². The predicted molar refractivity (Wildman–Crippen MR) is 142 cm³/mol. The summed E-state index contributed by atoms with van der Waals surface area (Å²) in [5, 5.41) is 4.04. The number of esters is 1. The second kappa shape index (κ2) is 9.64. The highest BCUT2D eigenvalue weighted by atomic mass is 79.9. The van der Waals surface area contributed by atoms with Crippen molar-refractivity contribution in [1.82, 2.24) is 10.3 Å². The standard InChI is InChI=1S/C27H22BrN3O3S/c1-16-14-19(9-10-20(16)28)31-25(24(30-27(31)35)21-8-3-4-13-29-21)23-12-11-22(34-23)17-6-5-7-18(15-17)26(32)33-2/h3-15,24-25H,1-2H3,(H,30,35)/t24-,25+/m0/s1. The van der Waals surface area contributed by atoms with Crippen LogP contribution in [0, 0.1) is 6.92 Å². The summed E-state index contributed by atoms with van der Waals surface area (Å²) < 4.78 is 12.3. The summed E-state index contributed by atoms with van der Waals surface area (Å²) in [6.45, 7) is 2.05. The molecule has 1 saturated heterocycles. The van der Waals surface area contributed by atoms with Gasteiger partial charge in [-0.2, -0.15) is 0 Å². The van der Waals surface area contributed by atoms with Crippen molar-refractivity contribution < 1.29 is 13.9 Å². The zero-order valence-electron chi connectivity index (χ0n) is 19.1. The van der Waals surface area contributed by atoms with Crippen LogP contribution >= 0.6 is 28.1 Å². The number of carbonyl (C=O) groups is 1. The summed E-state index contributed by atoms with van der Waals surface area (Å²) in [5.41, 5.74) is 4.17. The third-order valence-corrected chi connectivity index (χ3v) is 7.21. The number of ether oxygens (including phenoxy) is 1. The number of rotatable bonds is 5. The summed E-state index contributed by atoms with van der Waals surface area (Å²) in [4.78, 5) is 18.7. The minimum absolute atomic E-state index is 0.215. The van der Waals surface area contributed by atoms with Crippen molar-refractivity contribution in [3.05, 3.63) is 106 Å². The van der Waals surface area contributed by atoms with Crippen LogP contribution in [-0.4, -0.2) is 23.2 Å². The number of benzene rings is 2. The number of nitrogens with zero attached hydrogens (tertiary/aromatic N) is 2. The van der Waals surface area contributed by atoms with E-state index in [1.807, 2.05) is 61.5 Å². The number of anilines is 1. The Morgan fingerprint density at radius 2 is 1.97 bits per heavy atom. The first-order valence-corrected chi connectivity index (χ1v) is 12.2. The van der Waals surface area contributed by atoms with Gasteiger partial charge in [-0.15, -0.1) is 0 Å². The number of methoxy groups -OCH3 is 1. The lowest BCUT2D eigenvalue weighted by Crippen LogP contribution is -2.29. The van der Waals surface area contributed by atoms with Crippen molar-refractivity contribution >= 4 is 44.9 Å². The zero-order chi connectivity index (χ0) is 24.5. The lowest BCUT2D eigenvalue weighted by Gasteiger charge is -2.26. The molecule has 2 atom stereocenters. The number of hydrogen-bond donors (Lipinski definition) is 1. The van der Waals surface area contributed by atoms with Crippen LogP contribution in [0.25, 0.3) is 11.3 Å². The van der Waals surface area contributed by atoms with Gasteiger partial charge in [0.05, 0.1) is 24.4 Å². The number of pyridine rings is 1. The molecule has 35 heavy (non-hydrogen) atoms. The van der Waals surface area contributed by atoms with E-state index in [0.717, 1.165) is 32.7 Å². The number of hydrogen-bond acceptors (Lipinski definition) is 5. The molecule has 0 amide bonds. The van der Waals surface area contributed by atoms with Crippen LogP contribution in [0.1, 0.15) is 39.5 Å². The van der Waals surface area contributed by atoms with Crippen LogP contribution in [0.4, 0.5) is 5.69 Å². The summed E-state index contributed by atoms with van der Waals surface area (Å²) in [7, 11) is 1.37. The quantitative estimate of drug-likeness (QED) is 0.230. The van der Waals surface area contributed by atoms with E-state index in [2.05, 4.69) is 37.2 Å². The van der Waals surface area contributed by atoms with E-state index < -0.39 is 5.97 Å². The Morgan fingerprint density at radius 1 is 1.11 bits per heavy atom. The first kappa shape index (κ1) is 23.3. The number of aromatic nitrogens is 1. The lowest BCUT2D eigenvalue weighted by atomic mass is 10.0. The van der Waals surface area contributed by atoms with Crippen LogP contribution in [-0.2, 0) is 4.74 Å². The summed E-state index contributed by atoms with van der Waals surface area (Å²) in [6, 6.07) is 22.5. The van der Waals surface area contributed by atoms with E-state index in [0.29, 0.717) is 16.4 Å². The molecule has 0 unspecified atom stereocenters. The Kier molecular flexibility index (Phi) is 6.40. The largest absolute Gasteiger partial charge is 0.465 e. The van der Waals surface area contributed by atoms with E-state index in [1.54, 1.807) is 18.3 Å². The fourth-order valence-electron chi connectivity index (χ4n) is 4.28. The van der Waals surface area contributed by atoms with Crippen LogP contribution in [0.5, 0.6) is 0 Å². The minimum atomic E-state index is -0.393. The monoisotopic (exact) mass is 547 g/mol. The molecule has 1 fully saturated rings. The van der Waals surface area contributed by atoms with E-state index >= 15 is 0 Å². The predicted octanol–water partition coefficient (Wildman–Crippen LogP) is 6.38. The normalized spacial score (nSPS) is 17.3. The summed E-state index contributed by atoms with van der Waals surface area (Å²) in [5.74, 6) is 0.985. The highest BCUT2D eigenvalue weighted by Crippen LogP contribution is 2.43. The van der Waals surface area contributed by atoms with Gasteiger partial charge in [0.2, 0.25) is 0 Å². The molecule has 0 saturated carbocycles. The number of thiocarbonyl (C=S) groups is 1. The van der Waals surface area contributed by atoms with Crippen molar-refractivity contribution in [2.24, 2.45) is 0 Å². The van der Waals surface area contributed by atoms with Crippen LogP contribution in [0.3, 0.4) is 0 Å². The molecular formula is C27H22BrN3O3S. The molecule has 8 heteroatoms. The van der Waals surface area contributed by atoms with E-state index in [4.69, 9.17) is 21.4 Å². The molecule has 2 aromatic carbocycles. The van der Waals surface area contributed by atoms with E-state index in [-0.39, 0.29) is 12.1 Å². The molecule has 2 aromatic heterocycles. The van der Waals surface area contributed by atoms with Gasteiger partial charge in [-0.25, -0.2) is 4.79 Å². The Labute approximate surface area is 217 Å². The summed E-state index contributed by atoms with van der Waals surface area (Å²) >= 11 is 9.38. The Bertz CT molecular complexity index is 1410. The molecule has 4 aromatic rings. The van der Waals surface area contributed by atoms with Crippen molar-refractivity contribution in [1.29, 1.82) is 0 Å².